The molecule has 0 fully saturated rings. The van der Waals surface area contributed by atoms with Gasteiger partial charge in [0.15, 0.2) is 6.29 Å². The number of carboxylic acids is 2. The summed E-state index contributed by atoms with van der Waals surface area (Å²) in [6.07, 6.45) is -4.63. The van der Waals surface area contributed by atoms with Crippen LogP contribution in [-0.2, 0) is 19.2 Å². The molecule has 0 heterocycles. The van der Waals surface area contributed by atoms with Crippen LogP contribution in [0.3, 0.4) is 0 Å². The molecule has 0 aromatic rings. The number of aldehydes is 1. The van der Waals surface area contributed by atoms with Crippen molar-refractivity contribution in [2.75, 3.05) is 6.61 Å². The number of rotatable bonds is 5. The summed E-state index contributed by atoms with van der Waals surface area (Å²) in [4.78, 5) is 37.7. The normalized spacial score (nSPS) is 13.3. The zero-order valence-corrected chi connectivity index (χ0v) is 10.8. The molecule has 3 atom stereocenters. The number of hydrogen-bond acceptors (Lipinski definition) is 8. The van der Waals surface area contributed by atoms with Crippen molar-refractivity contribution in [2.24, 2.45) is 0 Å². The molecule has 0 amide bonds. The highest BCUT2D eigenvalue weighted by Crippen LogP contribution is 1.96. The topological polar surface area (TPSA) is 190 Å². The van der Waals surface area contributed by atoms with E-state index in [1.165, 1.54) is 0 Å². The maximum atomic E-state index is 9.76. The number of aliphatic carboxylic acids is 2. The van der Waals surface area contributed by atoms with Gasteiger partial charge in [-0.15, -0.1) is 0 Å². The monoisotopic (exact) mass is 298 g/mol. The average molecular weight is 298 g/mol. The van der Waals surface area contributed by atoms with Gasteiger partial charge in [-0.25, -0.2) is 4.79 Å². The van der Waals surface area contributed by atoms with Gasteiger partial charge in [-0.2, -0.15) is 0 Å². The van der Waals surface area contributed by atoms with Gasteiger partial charge in [-0.05, 0) is 0 Å². The summed E-state index contributed by atoms with van der Waals surface area (Å²) < 4.78 is 0. The molecule has 0 radical (unpaired) electrons. The molecule has 0 bridgehead atoms. The summed E-state index contributed by atoms with van der Waals surface area (Å²) in [7, 11) is 0. The largest absolute Gasteiger partial charge is 0.481 e. The molecule has 0 saturated carbocycles. The van der Waals surface area contributed by atoms with Gasteiger partial charge >= 0.3 is 5.97 Å². The average Bonchev–Trinajstić information content (AvgIpc) is 2.35. The van der Waals surface area contributed by atoms with E-state index < -0.39 is 42.6 Å². The van der Waals surface area contributed by atoms with Crippen LogP contribution in [-0.4, -0.2) is 79.6 Å². The number of carboxylic acid groups (broad SMARTS) is 2. The van der Waals surface area contributed by atoms with Crippen molar-refractivity contribution in [3.8, 4) is 0 Å². The Labute approximate surface area is 113 Å². The van der Waals surface area contributed by atoms with Crippen LogP contribution in [0.2, 0.25) is 0 Å². The van der Waals surface area contributed by atoms with Crippen LogP contribution in [0, 0.1) is 0 Å². The summed E-state index contributed by atoms with van der Waals surface area (Å²) in [5, 5.41) is 49.1. The van der Waals surface area contributed by atoms with Gasteiger partial charge in [-0.1, -0.05) is 0 Å². The molecule has 0 unspecified atom stereocenters. The fourth-order valence-corrected chi connectivity index (χ4v) is 0.416. The van der Waals surface area contributed by atoms with Crippen molar-refractivity contribution in [3.05, 3.63) is 0 Å². The Morgan fingerprint density at radius 2 is 1.35 bits per heavy atom. The zero-order chi connectivity index (χ0) is 16.9. The van der Waals surface area contributed by atoms with E-state index in [2.05, 4.69) is 0 Å². The first kappa shape index (κ1) is 23.2. The third-order valence-electron chi connectivity index (χ3n) is 1.37. The minimum Gasteiger partial charge on any atom is -0.481 e. The second kappa shape index (κ2) is 13.5. The predicted molar refractivity (Wildman–Crippen MR) is 62.8 cm³/mol. The van der Waals surface area contributed by atoms with Crippen molar-refractivity contribution in [2.45, 2.75) is 32.2 Å². The summed E-state index contributed by atoms with van der Waals surface area (Å²) in [5.74, 6) is -3.04. The van der Waals surface area contributed by atoms with Crippen LogP contribution in [0.1, 0.15) is 13.8 Å². The second-order valence-electron chi connectivity index (χ2n) is 3.25. The van der Waals surface area contributed by atoms with Crippen molar-refractivity contribution in [3.63, 3.8) is 0 Å². The molecule has 0 saturated heterocycles. The quantitative estimate of drug-likeness (QED) is 0.225. The van der Waals surface area contributed by atoms with Crippen LogP contribution in [0.25, 0.3) is 0 Å². The van der Waals surface area contributed by atoms with E-state index >= 15 is 0 Å². The lowest BCUT2D eigenvalue weighted by Crippen LogP contribution is -2.40. The molecule has 0 aromatic heterocycles. The van der Waals surface area contributed by atoms with Crippen molar-refractivity contribution in [1.29, 1.82) is 0 Å². The summed E-state index contributed by atoms with van der Waals surface area (Å²) in [5.41, 5.74) is 0. The van der Waals surface area contributed by atoms with Gasteiger partial charge in [-0.3, -0.25) is 9.59 Å². The second-order valence-corrected chi connectivity index (χ2v) is 3.25. The summed E-state index contributed by atoms with van der Waals surface area (Å²) in [6, 6.07) is 0. The van der Waals surface area contributed by atoms with Gasteiger partial charge < -0.3 is 35.4 Å². The Morgan fingerprint density at radius 1 is 1.05 bits per heavy atom. The number of Topliss-reactive ketones (excluding diaryl/α,β-unsaturated/α-hetero) is 1. The Balaban J connectivity index is -0.000000246. The molecule has 0 rings (SSSR count). The van der Waals surface area contributed by atoms with Gasteiger partial charge in [0.05, 0.1) is 6.61 Å². The Hall–Kier alpha value is -1.88. The van der Waals surface area contributed by atoms with E-state index in [4.69, 9.17) is 35.4 Å². The molecule has 0 aliphatic rings. The number of hydrogen-bond donors (Lipinski definition) is 6. The van der Waals surface area contributed by atoms with Crippen LogP contribution < -0.4 is 0 Å². The molecule has 10 heteroatoms. The number of aliphatic hydroxyl groups excluding tert-OH is 4. The van der Waals surface area contributed by atoms with E-state index in [0.29, 0.717) is 0 Å². The predicted octanol–water partition coefficient (Wildman–Crippen LogP) is -2.99. The molecule has 20 heavy (non-hydrogen) atoms. The Bertz CT molecular complexity index is 297. The molecule has 0 aliphatic carbocycles. The van der Waals surface area contributed by atoms with Crippen molar-refractivity contribution >= 4 is 24.0 Å². The third-order valence-corrected chi connectivity index (χ3v) is 1.37. The van der Waals surface area contributed by atoms with Crippen LogP contribution in [0.15, 0.2) is 0 Å². The molecule has 6 N–H and O–H groups in total. The first-order valence-corrected chi connectivity index (χ1v) is 5.04. The van der Waals surface area contributed by atoms with Gasteiger partial charge in [0.25, 0.3) is 5.97 Å². The lowest BCUT2D eigenvalue weighted by molar-refractivity contribution is -0.148. The van der Waals surface area contributed by atoms with E-state index in [1.54, 1.807) is 0 Å². The fourth-order valence-electron chi connectivity index (χ4n) is 0.416. The third kappa shape index (κ3) is 18.5. The van der Waals surface area contributed by atoms with Crippen molar-refractivity contribution < 1.29 is 49.8 Å². The molecular formula is C10H18O10. The first-order chi connectivity index (χ1) is 9.00. The minimum absolute atomic E-state index is 0.0869. The Morgan fingerprint density at radius 3 is 1.50 bits per heavy atom. The maximum Gasteiger partial charge on any atom is 0.371 e. The maximum absolute atomic E-state index is 9.76. The summed E-state index contributed by atoms with van der Waals surface area (Å²) >= 11 is 0. The molecule has 0 aliphatic heterocycles. The highest BCUT2D eigenvalue weighted by atomic mass is 16.4. The molecular weight excluding hydrogens is 280 g/mol. The van der Waals surface area contributed by atoms with Gasteiger partial charge in [0, 0.05) is 13.8 Å². The summed E-state index contributed by atoms with van der Waals surface area (Å²) in [6.45, 7) is 1.40. The van der Waals surface area contributed by atoms with Crippen LogP contribution in [0.4, 0.5) is 0 Å². The standard InChI is InChI=1S/C5H10O5.C3H4O3.C2H4O2/c6-1-3(8)5(10)4(9)2-7;1-2(4)3(5)6;1-2(3)4/h1,3-5,7-10H,2H2;1H3,(H,5,6);1H3,(H,3,4)/t3-,4+,5+;;/m0../s1. The number of carbonyl (C=O) groups excluding carboxylic acids is 2. The minimum atomic E-state index is -1.64. The molecule has 10 nitrogen and oxygen atoms in total. The van der Waals surface area contributed by atoms with E-state index in [1.807, 2.05) is 0 Å². The number of aliphatic hydroxyl groups is 4. The zero-order valence-electron chi connectivity index (χ0n) is 10.8. The van der Waals surface area contributed by atoms with E-state index in [9.17, 15) is 14.4 Å². The lowest BCUT2D eigenvalue weighted by Gasteiger charge is -2.16. The first-order valence-electron chi connectivity index (χ1n) is 5.04. The Kier molecular flexibility index (Phi) is 15.7. The SMILES string of the molecule is CC(=O)C(=O)O.CC(=O)O.O=C[C@H](O)[C@@H](O)[C@H](O)CO. The molecule has 118 valence electrons. The highest BCUT2D eigenvalue weighted by molar-refractivity contribution is 6.31. The van der Waals surface area contributed by atoms with Crippen molar-refractivity contribution in [1.82, 2.24) is 0 Å². The van der Waals surface area contributed by atoms with Crippen LogP contribution in [0.5, 0.6) is 0 Å². The number of carbonyl (C=O) groups is 4. The fraction of sp³-hybridized carbons (Fsp3) is 0.600. The van der Waals surface area contributed by atoms with Crippen LogP contribution >= 0.6 is 0 Å². The lowest BCUT2D eigenvalue weighted by atomic mass is 10.1. The van der Waals surface area contributed by atoms with Gasteiger partial charge in [0.1, 0.15) is 18.3 Å². The highest BCUT2D eigenvalue weighted by Gasteiger charge is 2.22. The number of ketones is 1. The molecule has 0 aromatic carbocycles. The van der Waals surface area contributed by atoms with E-state index in [-0.39, 0.29) is 6.29 Å². The smallest absolute Gasteiger partial charge is 0.371 e. The van der Waals surface area contributed by atoms with Gasteiger partial charge in [0.2, 0.25) is 5.78 Å². The molecule has 0 spiro atoms. The van der Waals surface area contributed by atoms with E-state index in [0.717, 1.165) is 13.8 Å².